The molecule has 23 heavy (non-hydrogen) atoms. The zero-order valence-corrected chi connectivity index (χ0v) is 12.1. The molecule has 1 aromatic carbocycles. The summed E-state index contributed by atoms with van der Waals surface area (Å²) >= 11 is 0. The molecule has 1 aromatic rings. The van der Waals surface area contributed by atoms with Crippen molar-refractivity contribution in [3.63, 3.8) is 0 Å². The summed E-state index contributed by atoms with van der Waals surface area (Å²) in [5.74, 6) is -3.96. The Morgan fingerprint density at radius 1 is 1.17 bits per heavy atom. The summed E-state index contributed by atoms with van der Waals surface area (Å²) in [5.41, 5.74) is -5.75. The van der Waals surface area contributed by atoms with E-state index >= 15 is 0 Å². The number of aliphatic carboxylic acids is 1. The summed E-state index contributed by atoms with van der Waals surface area (Å²) in [6.45, 7) is 1.15. The molecule has 0 aliphatic heterocycles. The van der Waals surface area contributed by atoms with E-state index in [1.807, 2.05) is 0 Å². The summed E-state index contributed by atoms with van der Waals surface area (Å²) in [4.78, 5) is 21.5. The molecule has 0 saturated carbocycles. The monoisotopic (exact) mass is 354 g/mol. The Morgan fingerprint density at radius 2 is 1.70 bits per heavy atom. The van der Waals surface area contributed by atoms with Crippen molar-refractivity contribution in [3.05, 3.63) is 35.6 Å². The molecule has 1 rings (SSSR count). The van der Waals surface area contributed by atoms with E-state index in [-0.39, 0.29) is 11.3 Å². The number of alkyl halides is 3. The maximum Gasteiger partial charge on any atom is 0.534 e. The predicted molar refractivity (Wildman–Crippen MR) is 69.4 cm³/mol. The fourth-order valence-electron chi connectivity index (χ4n) is 1.24. The van der Waals surface area contributed by atoms with Crippen LogP contribution < -0.4 is 4.74 Å². The molecule has 0 spiro atoms. The number of carboxylic acids is 1. The number of halogens is 3. The number of carbonyl (C=O) groups excluding carboxylic acids is 1. The molecule has 0 atom stereocenters. The number of carbonyl (C=O) groups is 2. The van der Waals surface area contributed by atoms with Gasteiger partial charge in [0.1, 0.15) is 5.75 Å². The zero-order chi connectivity index (χ0) is 17.8. The molecule has 0 amide bonds. The molecule has 0 bridgehead atoms. The second-order valence-corrected chi connectivity index (χ2v) is 5.50. The van der Waals surface area contributed by atoms with Crippen LogP contribution in [0.4, 0.5) is 13.2 Å². The predicted octanol–water partition coefficient (Wildman–Crippen LogP) is 1.90. The van der Waals surface area contributed by atoms with Gasteiger partial charge in [0.2, 0.25) is 5.76 Å². The maximum absolute atomic E-state index is 12.2. The molecular formula is C12H9F3O7S. The summed E-state index contributed by atoms with van der Waals surface area (Å²) in [7, 11) is -6.10. The second kappa shape index (κ2) is 6.69. The molecule has 0 saturated heterocycles. The maximum atomic E-state index is 12.2. The molecule has 0 fully saturated rings. The lowest BCUT2D eigenvalue weighted by Gasteiger charge is -2.09. The first-order valence-corrected chi connectivity index (χ1v) is 7.07. The van der Waals surface area contributed by atoms with Crippen LogP contribution in [0.25, 0.3) is 6.08 Å². The van der Waals surface area contributed by atoms with E-state index in [4.69, 9.17) is 9.84 Å². The first-order chi connectivity index (χ1) is 10.4. The largest absolute Gasteiger partial charge is 0.534 e. The summed E-state index contributed by atoms with van der Waals surface area (Å²) < 4.78 is 66.5. The highest BCUT2D eigenvalue weighted by Crippen LogP contribution is 2.27. The molecule has 1 N–H and O–H groups in total. The minimum atomic E-state index is -6.10. The highest BCUT2D eigenvalue weighted by molar-refractivity contribution is 7.87. The molecule has 7 nitrogen and oxygen atoms in total. The van der Waals surface area contributed by atoms with Crippen LogP contribution in [0.15, 0.2) is 30.0 Å². The van der Waals surface area contributed by atoms with Gasteiger partial charge in [-0.25, -0.2) is 4.79 Å². The zero-order valence-electron chi connectivity index (χ0n) is 11.3. The van der Waals surface area contributed by atoms with Crippen molar-refractivity contribution in [2.24, 2.45) is 0 Å². The fraction of sp³-hybridized carbons (Fsp3) is 0.167. The molecular weight excluding hydrogens is 345 g/mol. The van der Waals surface area contributed by atoms with Gasteiger partial charge in [0.25, 0.3) is 0 Å². The number of carboxylic acid groups (broad SMARTS) is 1. The standard InChI is InChI=1S/C12H9F3O7S/c1-7(16)21-9-4-2-8(3-5-9)6-10(11(17)18)22-23(19,20)12(13,14)15/h2-6H,1H3,(H,17,18). The summed E-state index contributed by atoms with van der Waals surface area (Å²) in [6.07, 6.45) is 0.573. The van der Waals surface area contributed by atoms with Gasteiger partial charge in [-0.05, 0) is 23.8 Å². The summed E-state index contributed by atoms with van der Waals surface area (Å²) in [5, 5.41) is 8.74. The van der Waals surface area contributed by atoms with Crippen LogP contribution in [0.1, 0.15) is 12.5 Å². The third-order valence-electron chi connectivity index (χ3n) is 2.13. The van der Waals surface area contributed by atoms with Crippen molar-refractivity contribution in [1.29, 1.82) is 0 Å². The number of ether oxygens (including phenoxy) is 1. The molecule has 0 heterocycles. The highest BCUT2D eigenvalue weighted by atomic mass is 32.2. The van der Waals surface area contributed by atoms with Crippen molar-refractivity contribution in [1.82, 2.24) is 0 Å². The van der Waals surface area contributed by atoms with Crippen LogP contribution in [0, 0.1) is 0 Å². The van der Waals surface area contributed by atoms with Crippen LogP contribution in [0.5, 0.6) is 5.75 Å². The third kappa shape index (κ3) is 5.29. The van der Waals surface area contributed by atoms with Crippen LogP contribution in [-0.4, -0.2) is 31.0 Å². The van der Waals surface area contributed by atoms with Gasteiger partial charge in [0.15, 0.2) is 0 Å². The van der Waals surface area contributed by atoms with Crippen molar-refractivity contribution in [2.45, 2.75) is 12.4 Å². The van der Waals surface area contributed by atoms with Gasteiger partial charge in [-0.1, -0.05) is 12.1 Å². The number of rotatable bonds is 5. The number of esters is 1. The molecule has 0 aliphatic carbocycles. The summed E-state index contributed by atoms with van der Waals surface area (Å²) in [6, 6.07) is 4.82. The van der Waals surface area contributed by atoms with Gasteiger partial charge in [-0.15, -0.1) is 0 Å². The first-order valence-electron chi connectivity index (χ1n) is 5.66. The van der Waals surface area contributed by atoms with E-state index in [9.17, 15) is 31.2 Å². The van der Waals surface area contributed by atoms with Crippen molar-refractivity contribution >= 4 is 28.1 Å². The van der Waals surface area contributed by atoms with Crippen molar-refractivity contribution in [3.8, 4) is 5.75 Å². The van der Waals surface area contributed by atoms with Crippen molar-refractivity contribution < 1.29 is 45.2 Å². The van der Waals surface area contributed by atoms with E-state index in [1.165, 1.54) is 24.3 Å². The minimum Gasteiger partial charge on any atom is -0.475 e. The van der Waals surface area contributed by atoms with E-state index in [0.717, 1.165) is 6.92 Å². The minimum absolute atomic E-state index is 0.00989. The lowest BCUT2D eigenvalue weighted by molar-refractivity contribution is -0.135. The SMILES string of the molecule is CC(=O)Oc1ccc(C=C(OS(=O)(=O)C(F)(F)F)C(=O)O)cc1. The van der Waals surface area contributed by atoms with Gasteiger partial charge in [0, 0.05) is 6.92 Å². The van der Waals surface area contributed by atoms with Crippen LogP contribution in [0.2, 0.25) is 0 Å². The van der Waals surface area contributed by atoms with Gasteiger partial charge in [-0.3, -0.25) is 4.79 Å². The topological polar surface area (TPSA) is 107 Å². The smallest absolute Gasteiger partial charge is 0.475 e. The van der Waals surface area contributed by atoms with Gasteiger partial charge in [-0.2, -0.15) is 21.6 Å². The Kier molecular flexibility index (Phi) is 5.38. The van der Waals surface area contributed by atoms with Crippen LogP contribution in [-0.2, 0) is 23.9 Å². The third-order valence-corrected chi connectivity index (χ3v) is 3.10. The molecule has 0 aliphatic rings. The number of hydrogen-bond acceptors (Lipinski definition) is 6. The Morgan fingerprint density at radius 3 is 2.09 bits per heavy atom. The molecule has 0 radical (unpaired) electrons. The van der Waals surface area contributed by atoms with E-state index in [0.29, 0.717) is 6.08 Å². The Labute approximate surface area is 128 Å². The Bertz CT molecular complexity index is 733. The first kappa shape index (κ1) is 18.5. The van der Waals surface area contributed by atoms with Gasteiger partial charge < -0.3 is 14.0 Å². The van der Waals surface area contributed by atoms with E-state index < -0.39 is 33.3 Å². The van der Waals surface area contributed by atoms with E-state index in [1.54, 1.807) is 0 Å². The highest BCUT2D eigenvalue weighted by Gasteiger charge is 2.49. The molecule has 0 aromatic heterocycles. The van der Waals surface area contributed by atoms with Crippen LogP contribution >= 0.6 is 0 Å². The van der Waals surface area contributed by atoms with Crippen molar-refractivity contribution in [2.75, 3.05) is 0 Å². The average molecular weight is 354 g/mol. The average Bonchev–Trinajstić information content (AvgIpc) is 2.37. The lowest BCUT2D eigenvalue weighted by atomic mass is 10.2. The van der Waals surface area contributed by atoms with Gasteiger partial charge >= 0.3 is 27.6 Å². The lowest BCUT2D eigenvalue weighted by Crippen LogP contribution is -2.26. The van der Waals surface area contributed by atoms with E-state index in [2.05, 4.69) is 4.18 Å². The quantitative estimate of drug-likeness (QED) is 0.215. The second-order valence-electron chi connectivity index (χ2n) is 3.96. The molecule has 0 unspecified atom stereocenters. The molecule has 11 heteroatoms. The number of hydrogen-bond donors (Lipinski definition) is 1. The fourth-order valence-corrected chi connectivity index (χ4v) is 1.69. The molecule has 126 valence electrons. The Hall–Kier alpha value is -2.56. The van der Waals surface area contributed by atoms with Gasteiger partial charge in [0.05, 0.1) is 0 Å². The Balaban J connectivity index is 3.09. The van der Waals surface area contributed by atoms with Crippen LogP contribution in [0.3, 0.4) is 0 Å². The number of benzene rings is 1. The normalized spacial score (nSPS) is 12.6.